The van der Waals surface area contributed by atoms with E-state index in [1.807, 2.05) is 10.9 Å². The lowest BCUT2D eigenvalue weighted by molar-refractivity contribution is -0.0595. The van der Waals surface area contributed by atoms with Gasteiger partial charge >= 0.3 is 0 Å². The van der Waals surface area contributed by atoms with Crippen molar-refractivity contribution in [2.75, 3.05) is 0 Å². The van der Waals surface area contributed by atoms with Gasteiger partial charge in [0.25, 0.3) is 0 Å². The van der Waals surface area contributed by atoms with Gasteiger partial charge in [-0.25, -0.2) is 4.39 Å². The molecule has 4 nitrogen and oxygen atoms in total. The van der Waals surface area contributed by atoms with Gasteiger partial charge in [0.15, 0.2) is 0 Å². The van der Waals surface area contributed by atoms with E-state index in [2.05, 4.69) is 23.1 Å². The number of nitrogens with zero attached hydrogens (tertiary/aromatic N) is 3. The van der Waals surface area contributed by atoms with Crippen molar-refractivity contribution in [2.24, 2.45) is 0 Å². The number of piperidine rings is 1. The fraction of sp³-hybridized carbons (Fsp3) is 0.550. The third-order valence-corrected chi connectivity index (χ3v) is 5.80. The smallest absolute Gasteiger partial charge is 0.123 e. The monoisotopic (exact) mass is 343 g/mol. The second-order valence-corrected chi connectivity index (χ2v) is 7.62. The van der Waals surface area contributed by atoms with Gasteiger partial charge in [-0.3, -0.25) is 9.58 Å². The van der Waals surface area contributed by atoms with Crippen LogP contribution in [0.2, 0.25) is 0 Å². The molecule has 0 saturated carbocycles. The average molecular weight is 343 g/mol. The van der Waals surface area contributed by atoms with Gasteiger partial charge in [-0.15, -0.1) is 0 Å². The van der Waals surface area contributed by atoms with Gasteiger partial charge in [-0.2, -0.15) is 5.10 Å². The largest absolute Gasteiger partial charge is 0.385 e. The quantitative estimate of drug-likeness (QED) is 0.904. The maximum Gasteiger partial charge on any atom is 0.123 e. The van der Waals surface area contributed by atoms with E-state index in [1.165, 1.54) is 17.7 Å². The summed E-state index contributed by atoms with van der Waals surface area (Å²) >= 11 is 0. The van der Waals surface area contributed by atoms with Crippen molar-refractivity contribution in [1.29, 1.82) is 0 Å². The number of aliphatic hydroxyl groups is 1. The number of aromatic nitrogens is 2. The van der Waals surface area contributed by atoms with Gasteiger partial charge in [-0.1, -0.05) is 19.1 Å². The van der Waals surface area contributed by atoms with Crippen LogP contribution in [-0.2, 0) is 18.7 Å². The molecule has 1 N–H and O–H groups in total. The topological polar surface area (TPSA) is 41.3 Å². The molecule has 134 valence electrons. The van der Waals surface area contributed by atoms with Crippen molar-refractivity contribution in [3.63, 3.8) is 0 Å². The molecule has 4 rings (SSSR count). The fourth-order valence-corrected chi connectivity index (χ4v) is 4.62. The van der Waals surface area contributed by atoms with Crippen LogP contribution in [0.5, 0.6) is 0 Å². The van der Waals surface area contributed by atoms with Gasteiger partial charge in [-0.05, 0) is 49.8 Å². The molecule has 2 bridgehead atoms. The normalized spacial score (nSPS) is 29.2. The summed E-state index contributed by atoms with van der Waals surface area (Å²) in [4.78, 5) is 2.53. The molecule has 3 heterocycles. The lowest BCUT2D eigenvalue weighted by Gasteiger charge is -2.44. The van der Waals surface area contributed by atoms with Crippen molar-refractivity contribution in [2.45, 2.75) is 69.8 Å². The molecule has 1 aromatic carbocycles. The summed E-state index contributed by atoms with van der Waals surface area (Å²) in [5.41, 5.74) is 1.27. The van der Waals surface area contributed by atoms with E-state index in [9.17, 15) is 9.50 Å². The minimum absolute atomic E-state index is 0.253. The standard InChI is InChI=1S/C20H26FN3O/c1-2-9-23-13-15(12-22-23)14-24-18-7-8-19(24)11-20(25,10-18)16-3-5-17(21)6-4-16/h3-6,12-13,18-19,25H,2,7-11,14H2,1H3/t18-,19-/m1/s1. The fourth-order valence-electron chi connectivity index (χ4n) is 4.62. The Morgan fingerprint density at radius 1 is 1.20 bits per heavy atom. The molecule has 25 heavy (non-hydrogen) atoms. The number of aryl methyl sites for hydroxylation is 1. The van der Waals surface area contributed by atoms with Crippen LogP contribution >= 0.6 is 0 Å². The van der Waals surface area contributed by atoms with Gasteiger partial charge in [0.2, 0.25) is 0 Å². The lowest BCUT2D eigenvalue weighted by Crippen LogP contribution is -2.49. The first kappa shape index (κ1) is 16.7. The highest BCUT2D eigenvalue weighted by atomic mass is 19.1. The van der Waals surface area contributed by atoms with Crippen LogP contribution < -0.4 is 0 Å². The van der Waals surface area contributed by atoms with Crippen molar-refractivity contribution >= 4 is 0 Å². The zero-order chi connectivity index (χ0) is 17.4. The lowest BCUT2D eigenvalue weighted by atomic mass is 9.80. The van der Waals surface area contributed by atoms with Gasteiger partial charge < -0.3 is 5.11 Å². The Morgan fingerprint density at radius 3 is 2.52 bits per heavy atom. The first-order valence-electron chi connectivity index (χ1n) is 9.33. The number of halogens is 1. The Balaban J connectivity index is 1.48. The third-order valence-electron chi connectivity index (χ3n) is 5.80. The van der Waals surface area contributed by atoms with Crippen LogP contribution in [0.3, 0.4) is 0 Å². The van der Waals surface area contributed by atoms with E-state index < -0.39 is 5.60 Å². The number of rotatable bonds is 5. The second kappa shape index (κ2) is 6.54. The summed E-state index contributed by atoms with van der Waals surface area (Å²) in [6, 6.07) is 7.12. The van der Waals surface area contributed by atoms with Crippen molar-refractivity contribution < 1.29 is 9.50 Å². The highest BCUT2D eigenvalue weighted by Gasteiger charge is 2.48. The molecule has 0 amide bonds. The average Bonchev–Trinajstić information content (AvgIpc) is 3.12. The maximum atomic E-state index is 13.2. The maximum absolute atomic E-state index is 13.2. The number of fused-ring (bicyclic) bond motifs is 2. The molecule has 0 radical (unpaired) electrons. The predicted octanol–water partition coefficient (Wildman–Crippen LogP) is 3.45. The minimum atomic E-state index is -0.831. The first-order valence-corrected chi connectivity index (χ1v) is 9.33. The molecule has 2 saturated heterocycles. The molecule has 5 heteroatoms. The van der Waals surface area contributed by atoms with Crippen LogP contribution in [0.15, 0.2) is 36.7 Å². The van der Waals surface area contributed by atoms with E-state index in [1.54, 1.807) is 12.1 Å². The molecule has 0 spiro atoms. The molecule has 2 aliphatic rings. The molecular formula is C20H26FN3O. The Labute approximate surface area is 148 Å². The SMILES string of the molecule is CCCn1cc(CN2[C@@H]3CC[C@@H]2CC(O)(c2ccc(F)cc2)C3)cn1. The molecule has 2 fully saturated rings. The van der Waals surface area contributed by atoms with E-state index in [0.717, 1.165) is 50.8 Å². The molecule has 1 aromatic heterocycles. The van der Waals surface area contributed by atoms with E-state index >= 15 is 0 Å². The summed E-state index contributed by atoms with van der Waals surface area (Å²) in [6.07, 6.45) is 8.88. The van der Waals surface area contributed by atoms with E-state index in [4.69, 9.17) is 0 Å². The number of hydrogen-bond acceptors (Lipinski definition) is 3. The molecule has 0 unspecified atom stereocenters. The van der Waals surface area contributed by atoms with Crippen molar-refractivity contribution in [3.8, 4) is 0 Å². The van der Waals surface area contributed by atoms with E-state index in [-0.39, 0.29) is 5.82 Å². The first-order chi connectivity index (χ1) is 12.1. The summed E-state index contributed by atoms with van der Waals surface area (Å²) in [5.74, 6) is -0.253. The molecule has 2 aliphatic heterocycles. The zero-order valence-corrected chi connectivity index (χ0v) is 14.7. The summed E-state index contributed by atoms with van der Waals surface area (Å²) in [6.45, 7) is 4.01. The molecular weight excluding hydrogens is 317 g/mol. The molecule has 2 atom stereocenters. The second-order valence-electron chi connectivity index (χ2n) is 7.62. The van der Waals surface area contributed by atoms with Crippen LogP contribution in [0.4, 0.5) is 4.39 Å². The van der Waals surface area contributed by atoms with Crippen LogP contribution in [-0.4, -0.2) is 31.9 Å². The van der Waals surface area contributed by atoms with E-state index in [0.29, 0.717) is 12.1 Å². The summed E-state index contributed by atoms with van der Waals surface area (Å²) in [5, 5.41) is 15.6. The number of benzene rings is 1. The van der Waals surface area contributed by atoms with Gasteiger partial charge in [0.1, 0.15) is 5.82 Å². The van der Waals surface area contributed by atoms with Gasteiger partial charge in [0.05, 0.1) is 11.8 Å². The number of hydrogen-bond donors (Lipinski definition) is 1. The van der Waals surface area contributed by atoms with Crippen LogP contribution in [0.25, 0.3) is 0 Å². The summed E-state index contributed by atoms with van der Waals surface area (Å²) < 4.78 is 15.2. The van der Waals surface area contributed by atoms with Crippen molar-refractivity contribution in [1.82, 2.24) is 14.7 Å². The Bertz CT molecular complexity index is 713. The van der Waals surface area contributed by atoms with Crippen LogP contribution in [0, 0.1) is 5.82 Å². The minimum Gasteiger partial charge on any atom is -0.385 e. The predicted molar refractivity (Wildman–Crippen MR) is 94.4 cm³/mol. The third kappa shape index (κ3) is 3.23. The van der Waals surface area contributed by atoms with Gasteiger partial charge in [0, 0.05) is 36.9 Å². The molecule has 2 aromatic rings. The Hall–Kier alpha value is -1.72. The Morgan fingerprint density at radius 2 is 1.88 bits per heavy atom. The summed E-state index contributed by atoms with van der Waals surface area (Å²) in [7, 11) is 0. The van der Waals surface area contributed by atoms with Crippen LogP contribution in [0.1, 0.15) is 50.2 Å². The zero-order valence-electron chi connectivity index (χ0n) is 14.7. The highest BCUT2D eigenvalue weighted by molar-refractivity contribution is 5.26. The Kier molecular flexibility index (Phi) is 4.38. The molecule has 0 aliphatic carbocycles. The van der Waals surface area contributed by atoms with Crippen molar-refractivity contribution in [3.05, 3.63) is 53.6 Å². The highest BCUT2D eigenvalue weighted by Crippen LogP contribution is 2.46.